The summed E-state index contributed by atoms with van der Waals surface area (Å²) in [7, 11) is 0. The molecule has 2 aromatic rings. The molecule has 7 heteroatoms. The molecule has 0 radical (unpaired) electrons. The lowest BCUT2D eigenvalue weighted by atomic mass is 9.74. The maximum atomic E-state index is 14.6. The van der Waals surface area contributed by atoms with Crippen LogP contribution in [-0.2, 0) is 17.8 Å². The molecule has 1 saturated carbocycles. The molecular weight excluding hydrogens is 357 g/mol. The lowest BCUT2D eigenvalue weighted by Crippen LogP contribution is -2.51. The minimum atomic E-state index is -0.504. The van der Waals surface area contributed by atoms with Crippen LogP contribution in [0, 0.1) is 11.7 Å². The third-order valence-electron chi connectivity index (χ3n) is 6.16. The first-order valence-electron chi connectivity index (χ1n) is 10.3. The van der Waals surface area contributed by atoms with Gasteiger partial charge in [-0.25, -0.2) is 4.39 Å². The minimum Gasteiger partial charge on any atom is -0.326 e. The van der Waals surface area contributed by atoms with E-state index in [9.17, 15) is 9.18 Å². The molecule has 0 bridgehead atoms. The van der Waals surface area contributed by atoms with Crippen molar-refractivity contribution >= 4 is 11.6 Å². The van der Waals surface area contributed by atoms with Crippen LogP contribution in [0.1, 0.15) is 57.7 Å². The Morgan fingerprint density at radius 2 is 2.11 bits per heavy atom. The second-order valence-corrected chi connectivity index (χ2v) is 8.39. The number of aromatic nitrogens is 3. The number of rotatable bonds is 3. The van der Waals surface area contributed by atoms with Crippen molar-refractivity contribution in [1.29, 1.82) is 0 Å². The van der Waals surface area contributed by atoms with Crippen molar-refractivity contribution in [2.75, 3.05) is 5.32 Å². The zero-order chi connectivity index (χ0) is 19.7. The van der Waals surface area contributed by atoms with E-state index in [1.807, 2.05) is 11.5 Å². The van der Waals surface area contributed by atoms with Gasteiger partial charge < -0.3 is 15.6 Å². The van der Waals surface area contributed by atoms with Crippen LogP contribution in [0.25, 0.3) is 11.4 Å². The van der Waals surface area contributed by atoms with E-state index in [2.05, 4.69) is 15.5 Å². The van der Waals surface area contributed by atoms with Gasteiger partial charge in [-0.15, -0.1) is 10.2 Å². The Morgan fingerprint density at radius 1 is 1.25 bits per heavy atom. The summed E-state index contributed by atoms with van der Waals surface area (Å²) in [5, 5.41) is 11.4. The normalized spacial score (nSPS) is 25.0. The zero-order valence-electron chi connectivity index (χ0n) is 16.4. The number of hydrogen-bond acceptors (Lipinski definition) is 4. The number of halogens is 1. The van der Waals surface area contributed by atoms with Gasteiger partial charge in [0.05, 0.1) is 11.5 Å². The second-order valence-electron chi connectivity index (χ2n) is 8.39. The van der Waals surface area contributed by atoms with E-state index in [0.717, 1.165) is 63.7 Å². The number of anilines is 1. The third-order valence-corrected chi connectivity index (χ3v) is 6.16. The molecule has 28 heavy (non-hydrogen) atoms. The van der Waals surface area contributed by atoms with Gasteiger partial charge in [0.25, 0.3) is 0 Å². The average molecular weight is 385 g/mol. The summed E-state index contributed by atoms with van der Waals surface area (Å²) in [6.07, 6.45) is 7.79. The van der Waals surface area contributed by atoms with Gasteiger partial charge in [-0.3, -0.25) is 4.79 Å². The van der Waals surface area contributed by atoms with Crippen molar-refractivity contribution in [3.05, 3.63) is 29.8 Å². The molecule has 1 aromatic carbocycles. The van der Waals surface area contributed by atoms with Crippen LogP contribution in [0.15, 0.2) is 18.2 Å². The number of aryl methyl sites for hydroxylation is 1. The van der Waals surface area contributed by atoms with Gasteiger partial charge in [0, 0.05) is 24.2 Å². The summed E-state index contributed by atoms with van der Waals surface area (Å²) in [6, 6.07) is 4.63. The van der Waals surface area contributed by atoms with Gasteiger partial charge in [0.2, 0.25) is 5.91 Å². The summed E-state index contributed by atoms with van der Waals surface area (Å²) in [5.41, 5.74) is 6.79. The molecule has 3 N–H and O–H groups in total. The molecule has 2 atom stereocenters. The molecule has 0 spiro atoms. The van der Waals surface area contributed by atoms with Gasteiger partial charge >= 0.3 is 0 Å². The molecule has 2 heterocycles. The number of fused-ring (bicyclic) bond motifs is 1. The highest BCUT2D eigenvalue weighted by Gasteiger charge is 2.37. The maximum Gasteiger partial charge on any atom is 0.229 e. The highest BCUT2D eigenvalue weighted by Crippen LogP contribution is 2.33. The van der Waals surface area contributed by atoms with Crippen LogP contribution < -0.4 is 11.1 Å². The number of amides is 1. The predicted octanol–water partition coefficient (Wildman–Crippen LogP) is 3.66. The fourth-order valence-electron chi connectivity index (χ4n) is 4.48. The topological polar surface area (TPSA) is 85.8 Å². The smallest absolute Gasteiger partial charge is 0.229 e. The van der Waals surface area contributed by atoms with Crippen LogP contribution in [0.3, 0.4) is 0 Å². The molecule has 1 amide bonds. The Morgan fingerprint density at radius 3 is 2.93 bits per heavy atom. The summed E-state index contributed by atoms with van der Waals surface area (Å²) in [6.45, 7) is 2.74. The van der Waals surface area contributed by atoms with Gasteiger partial charge in [-0.1, -0.05) is 19.3 Å². The van der Waals surface area contributed by atoms with Crippen molar-refractivity contribution in [3.8, 4) is 11.4 Å². The summed E-state index contributed by atoms with van der Waals surface area (Å²) in [4.78, 5) is 12.8. The highest BCUT2D eigenvalue weighted by atomic mass is 19.1. The summed E-state index contributed by atoms with van der Waals surface area (Å²) >= 11 is 0. The Bertz CT molecular complexity index is 876. The van der Waals surface area contributed by atoms with Crippen molar-refractivity contribution in [1.82, 2.24) is 14.8 Å². The Kier molecular flexibility index (Phi) is 5.19. The van der Waals surface area contributed by atoms with Crippen molar-refractivity contribution < 1.29 is 9.18 Å². The number of nitrogens with zero attached hydrogens (tertiary/aromatic N) is 3. The Labute approximate surface area is 164 Å². The summed E-state index contributed by atoms with van der Waals surface area (Å²) in [5.74, 6) is 0.745. The number of benzene rings is 1. The summed E-state index contributed by atoms with van der Waals surface area (Å²) < 4.78 is 16.6. The number of carbonyl (C=O) groups excluding carboxylic acids is 1. The van der Waals surface area contributed by atoms with E-state index in [4.69, 9.17) is 5.73 Å². The first-order valence-corrected chi connectivity index (χ1v) is 10.3. The van der Waals surface area contributed by atoms with Crippen LogP contribution in [0.2, 0.25) is 0 Å². The monoisotopic (exact) mass is 385 g/mol. The Hall–Kier alpha value is -2.28. The van der Waals surface area contributed by atoms with Crippen LogP contribution >= 0.6 is 0 Å². The van der Waals surface area contributed by atoms with Gasteiger partial charge in [0.15, 0.2) is 5.82 Å². The first kappa shape index (κ1) is 19.1. The molecule has 1 aliphatic carbocycles. The van der Waals surface area contributed by atoms with Crippen LogP contribution in [0.4, 0.5) is 10.1 Å². The molecule has 150 valence electrons. The maximum absolute atomic E-state index is 14.6. The first-order chi connectivity index (χ1) is 13.5. The predicted molar refractivity (Wildman–Crippen MR) is 106 cm³/mol. The molecule has 2 aliphatic rings. The van der Waals surface area contributed by atoms with Crippen molar-refractivity contribution in [2.24, 2.45) is 11.7 Å². The molecule has 1 fully saturated rings. The molecule has 1 aromatic heterocycles. The van der Waals surface area contributed by atoms with E-state index >= 15 is 0 Å². The largest absolute Gasteiger partial charge is 0.326 e. The standard InChI is InChI=1S/C21H28FN5O/c1-21(23)11-5-4-7-16(21)20(28)24-14-9-10-17(22)15(13-14)19-26-25-18-8-3-2-6-12-27(18)19/h9-10,13,16H,2-8,11-12,23H2,1H3,(H,24,28). The second kappa shape index (κ2) is 7.62. The van der Waals surface area contributed by atoms with E-state index < -0.39 is 5.54 Å². The lowest BCUT2D eigenvalue weighted by molar-refractivity contribution is -0.122. The molecule has 0 saturated heterocycles. The van der Waals surface area contributed by atoms with E-state index in [-0.39, 0.29) is 17.6 Å². The Balaban J connectivity index is 1.60. The quantitative estimate of drug-likeness (QED) is 0.844. The van der Waals surface area contributed by atoms with Gasteiger partial charge in [0.1, 0.15) is 11.6 Å². The van der Waals surface area contributed by atoms with E-state index in [1.165, 1.54) is 6.07 Å². The van der Waals surface area contributed by atoms with E-state index in [1.54, 1.807) is 12.1 Å². The van der Waals surface area contributed by atoms with Crippen molar-refractivity contribution in [2.45, 2.75) is 70.4 Å². The fourth-order valence-corrected chi connectivity index (χ4v) is 4.48. The highest BCUT2D eigenvalue weighted by molar-refractivity contribution is 5.94. The number of nitrogens with one attached hydrogen (secondary N) is 1. The molecule has 1 aliphatic heterocycles. The van der Waals surface area contributed by atoms with Gasteiger partial charge in [-0.2, -0.15) is 0 Å². The molecular formula is C21H28FN5O. The number of nitrogens with two attached hydrogens (primary N) is 1. The molecule has 2 unspecified atom stereocenters. The zero-order valence-corrected chi connectivity index (χ0v) is 16.4. The van der Waals surface area contributed by atoms with Gasteiger partial charge in [-0.05, 0) is 50.8 Å². The lowest BCUT2D eigenvalue weighted by Gasteiger charge is -2.37. The van der Waals surface area contributed by atoms with Crippen molar-refractivity contribution in [3.63, 3.8) is 0 Å². The number of hydrogen-bond donors (Lipinski definition) is 2. The fraction of sp³-hybridized carbons (Fsp3) is 0.571. The van der Waals surface area contributed by atoms with Crippen LogP contribution in [-0.4, -0.2) is 26.2 Å². The third kappa shape index (κ3) is 3.68. The molecule has 4 rings (SSSR count). The number of carbonyl (C=O) groups is 1. The average Bonchev–Trinajstić information content (AvgIpc) is 2.90. The van der Waals surface area contributed by atoms with Crippen LogP contribution in [0.5, 0.6) is 0 Å². The SMILES string of the molecule is CC1(N)CCCCC1C(=O)Nc1ccc(F)c(-c2nnc3n2CCCCC3)c1. The van der Waals surface area contributed by atoms with E-state index in [0.29, 0.717) is 17.1 Å². The molecule has 6 nitrogen and oxygen atoms in total. The minimum absolute atomic E-state index is 0.0951.